The highest BCUT2D eigenvalue weighted by atomic mass is 79.9. The van der Waals surface area contributed by atoms with Gasteiger partial charge in [-0.3, -0.25) is 4.79 Å². The molecule has 0 atom stereocenters. The molecule has 0 aromatic heterocycles. The molecule has 5 heteroatoms. The monoisotopic (exact) mass is 371 g/mol. The molecular formula is C15H12BrCl2NO. The lowest BCUT2D eigenvalue weighted by Gasteiger charge is -2.07. The van der Waals surface area contributed by atoms with Gasteiger partial charge in [0.15, 0.2) is 0 Å². The van der Waals surface area contributed by atoms with Crippen molar-refractivity contribution in [2.45, 2.75) is 12.4 Å². The Labute approximate surface area is 136 Å². The quantitative estimate of drug-likeness (QED) is 0.769. The predicted octanol–water partition coefficient (Wildman–Crippen LogP) is 4.77. The van der Waals surface area contributed by atoms with Crippen molar-refractivity contribution in [2.24, 2.45) is 0 Å². The van der Waals surface area contributed by atoms with Gasteiger partial charge in [-0.15, -0.1) is 11.6 Å². The number of benzene rings is 2. The molecule has 0 fully saturated rings. The minimum Gasteiger partial charge on any atom is -0.348 e. The number of rotatable bonds is 4. The van der Waals surface area contributed by atoms with Gasteiger partial charge in [-0.05, 0) is 45.3 Å². The first kappa shape index (κ1) is 15.4. The number of carbonyl (C=O) groups excluding carboxylic acids is 1. The molecule has 2 aromatic carbocycles. The van der Waals surface area contributed by atoms with Crippen LogP contribution in [0.4, 0.5) is 0 Å². The lowest BCUT2D eigenvalue weighted by atomic mass is 10.1. The fourth-order valence-electron chi connectivity index (χ4n) is 1.74. The van der Waals surface area contributed by atoms with Crippen LogP contribution in [0.3, 0.4) is 0 Å². The highest BCUT2D eigenvalue weighted by Crippen LogP contribution is 2.23. The van der Waals surface area contributed by atoms with Gasteiger partial charge in [0.25, 0.3) is 5.91 Å². The Kier molecular flexibility index (Phi) is 5.46. The van der Waals surface area contributed by atoms with Crippen LogP contribution in [0.1, 0.15) is 21.5 Å². The minimum atomic E-state index is -0.140. The van der Waals surface area contributed by atoms with Gasteiger partial charge in [0.05, 0.1) is 5.02 Å². The van der Waals surface area contributed by atoms with E-state index < -0.39 is 0 Å². The Balaban J connectivity index is 2.02. The Bertz CT molecular complexity index is 631. The molecule has 0 aliphatic heterocycles. The van der Waals surface area contributed by atoms with Crippen molar-refractivity contribution < 1.29 is 4.79 Å². The van der Waals surface area contributed by atoms with Gasteiger partial charge in [0.2, 0.25) is 0 Å². The van der Waals surface area contributed by atoms with E-state index >= 15 is 0 Å². The Morgan fingerprint density at radius 1 is 1.15 bits per heavy atom. The van der Waals surface area contributed by atoms with E-state index in [1.807, 2.05) is 24.3 Å². The standard InChI is InChI=1S/C15H12BrCl2NO/c16-13-7-12(4-5-14(13)18)15(20)19-9-11-3-1-2-10(6-11)8-17/h1-7H,8-9H2,(H,19,20). The normalized spacial score (nSPS) is 10.3. The third-order valence-corrected chi connectivity index (χ3v) is 4.30. The van der Waals surface area contributed by atoms with E-state index in [-0.39, 0.29) is 5.91 Å². The summed E-state index contributed by atoms with van der Waals surface area (Å²) in [5.41, 5.74) is 2.62. The molecule has 20 heavy (non-hydrogen) atoms. The second-order valence-corrected chi connectivity index (χ2v) is 5.79. The summed E-state index contributed by atoms with van der Waals surface area (Å²) in [4.78, 5) is 12.0. The second-order valence-electron chi connectivity index (χ2n) is 4.27. The second kappa shape index (κ2) is 7.11. The predicted molar refractivity (Wildman–Crippen MR) is 86.3 cm³/mol. The zero-order chi connectivity index (χ0) is 14.5. The van der Waals surface area contributed by atoms with Crippen molar-refractivity contribution in [1.29, 1.82) is 0 Å². The van der Waals surface area contributed by atoms with Crippen molar-refractivity contribution >= 4 is 45.0 Å². The summed E-state index contributed by atoms with van der Waals surface area (Å²) in [6, 6.07) is 12.9. The summed E-state index contributed by atoms with van der Waals surface area (Å²) in [5.74, 6) is 0.324. The highest BCUT2D eigenvalue weighted by Gasteiger charge is 2.07. The van der Waals surface area contributed by atoms with E-state index in [1.54, 1.807) is 18.2 Å². The zero-order valence-electron chi connectivity index (χ0n) is 10.5. The molecule has 1 amide bonds. The number of hydrogen-bond donors (Lipinski definition) is 1. The summed E-state index contributed by atoms with van der Waals surface area (Å²) in [6.07, 6.45) is 0. The number of alkyl halides is 1. The molecule has 0 saturated heterocycles. The van der Waals surface area contributed by atoms with Crippen molar-refractivity contribution in [2.75, 3.05) is 0 Å². The van der Waals surface area contributed by atoms with Gasteiger partial charge in [0.1, 0.15) is 0 Å². The Hall–Kier alpha value is -1.03. The molecular weight excluding hydrogens is 361 g/mol. The maximum Gasteiger partial charge on any atom is 0.251 e. The molecule has 0 radical (unpaired) electrons. The summed E-state index contributed by atoms with van der Waals surface area (Å²) in [7, 11) is 0. The number of halogens is 3. The van der Waals surface area contributed by atoms with Crippen LogP contribution < -0.4 is 5.32 Å². The minimum absolute atomic E-state index is 0.140. The fraction of sp³-hybridized carbons (Fsp3) is 0.133. The lowest BCUT2D eigenvalue weighted by Crippen LogP contribution is -2.22. The van der Waals surface area contributed by atoms with Crippen molar-refractivity contribution in [3.63, 3.8) is 0 Å². The topological polar surface area (TPSA) is 29.1 Å². The van der Waals surface area contributed by atoms with Gasteiger partial charge >= 0.3 is 0 Å². The van der Waals surface area contributed by atoms with Crippen molar-refractivity contribution in [3.8, 4) is 0 Å². The van der Waals surface area contributed by atoms with Crippen LogP contribution in [-0.4, -0.2) is 5.91 Å². The Morgan fingerprint density at radius 3 is 2.60 bits per heavy atom. The number of nitrogens with one attached hydrogen (secondary N) is 1. The summed E-state index contributed by atoms with van der Waals surface area (Å²) >= 11 is 15.0. The summed E-state index contributed by atoms with van der Waals surface area (Å²) in [5, 5.41) is 3.45. The van der Waals surface area contributed by atoms with Gasteiger partial charge in [-0.25, -0.2) is 0 Å². The first-order valence-corrected chi connectivity index (χ1v) is 7.67. The van der Waals surface area contributed by atoms with Crippen LogP contribution in [0.5, 0.6) is 0 Å². The van der Waals surface area contributed by atoms with Crippen molar-refractivity contribution in [3.05, 3.63) is 68.7 Å². The Morgan fingerprint density at radius 2 is 1.90 bits per heavy atom. The number of amides is 1. The molecule has 2 rings (SSSR count). The van der Waals surface area contributed by atoms with Crippen molar-refractivity contribution in [1.82, 2.24) is 5.32 Å². The number of hydrogen-bond acceptors (Lipinski definition) is 1. The van der Waals surface area contributed by atoms with Gasteiger partial charge < -0.3 is 5.32 Å². The van der Waals surface area contributed by atoms with E-state index in [0.717, 1.165) is 11.1 Å². The molecule has 104 valence electrons. The first-order valence-electron chi connectivity index (χ1n) is 5.97. The fourth-order valence-corrected chi connectivity index (χ4v) is 2.41. The molecule has 0 spiro atoms. The molecule has 0 unspecified atom stereocenters. The number of carbonyl (C=O) groups is 1. The summed E-state index contributed by atoms with van der Waals surface area (Å²) in [6.45, 7) is 0.462. The zero-order valence-corrected chi connectivity index (χ0v) is 13.6. The molecule has 0 aliphatic carbocycles. The van der Waals surface area contributed by atoms with E-state index in [1.165, 1.54) is 0 Å². The van der Waals surface area contributed by atoms with Gasteiger partial charge in [0, 0.05) is 22.5 Å². The van der Waals surface area contributed by atoms with Crippen LogP contribution in [0, 0.1) is 0 Å². The van der Waals surface area contributed by atoms with Gasteiger partial charge in [-0.1, -0.05) is 35.9 Å². The smallest absolute Gasteiger partial charge is 0.251 e. The third-order valence-electron chi connectivity index (χ3n) is 2.78. The highest BCUT2D eigenvalue weighted by molar-refractivity contribution is 9.10. The SMILES string of the molecule is O=C(NCc1cccc(CCl)c1)c1ccc(Cl)c(Br)c1. The van der Waals surface area contributed by atoms with Gasteiger partial charge in [-0.2, -0.15) is 0 Å². The van der Waals surface area contributed by atoms with E-state index in [9.17, 15) is 4.79 Å². The van der Waals surface area contributed by atoms with E-state index in [0.29, 0.717) is 27.5 Å². The van der Waals surface area contributed by atoms with Crippen LogP contribution in [0.15, 0.2) is 46.9 Å². The molecule has 2 aromatic rings. The van der Waals surface area contributed by atoms with Crippen LogP contribution >= 0.6 is 39.1 Å². The van der Waals surface area contributed by atoms with Crippen LogP contribution in [0.25, 0.3) is 0 Å². The molecule has 0 aliphatic rings. The van der Waals surface area contributed by atoms with Crippen LogP contribution in [-0.2, 0) is 12.4 Å². The molecule has 2 nitrogen and oxygen atoms in total. The van der Waals surface area contributed by atoms with Crippen LogP contribution in [0.2, 0.25) is 5.02 Å². The summed E-state index contributed by atoms with van der Waals surface area (Å²) < 4.78 is 0.705. The molecule has 1 N–H and O–H groups in total. The molecule has 0 heterocycles. The largest absolute Gasteiger partial charge is 0.348 e. The van der Waals surface area contributed by atoms with E-state index in [4.69, 9.17) is 23.2 Å². The maximum absolute atomic E-state index is 12.0. The third kappa shape index (κ3) is 3.98. The average Bonchev–Trinajstić information content (AvgIpc) is 2.47. The lowest BCUT2D eigenvalue weighted by molar-refractivity contribution is 0.0951. The van der Waals surface area contributed by atoms with E-state index in [2.05, 4.69) is 21.2 Å². The maximum atomic E-state index is 12.0. The molecule has 0 bridgehead atoms. The molecule has 0 saturated carbocycles. The average molecular weight is 373 g/mol. The first-order chi connectivity index (χ1) is 9.60.